The molecule has 1 aromatic heterocycles. The summed E-state index contributed by atoms with van der Waals surface area (Å²) in [4.78, 5) is 24.6. The van der Waals surface area contributed by atoms with E-state index in [9.17, 15) is 9.59 Å². The lowest BCUT2D eigenvalue weighted by Gasteiger charge is -2.10. The molecule has 7 heteroatoms. The third-order valence-electron chi connectivity index (χ3n) is 4.95. The van der Waals surface area contributed by atoms with Gasteiger partial charge in [0.2, 0.25) is 0 Å². The Hall–Kier alpha value is -3.61. The summed E-state index contributed by atoms with van der Waals surface area (Å²) >= 11 is 0. The molecule has 2 N–H and O–H groups in total. The number of amides is 1. The first-order valence-electron chi connectivity index (χ1n) is 9.91. The van der Waals surface area contributed by atoms with E-state index in [1.165, 1.54) is 16.5 Å². The molecule has 0 saturated heterocycles. The number of aryl methyl sites for hydroxylation is 1. The van der Waals surface area contributed by atoms with E-state index in [1.807, 2.05) is 54.6 Å². The Bertz CT molecular complexity index is 1070. The van der Waals surface area contributed by atoms with Gasteiger partial charge in [0.1, 0.15) is 5.75 Å². The summed E-state index contributed by atoms with van der Waals surface area (Å²) in [7, 11) is 0. The van der Waals surface area contributed by atoms with Crippen molar-refractivity contribution in [2.75, 3.05) is 6.61 Å². The number of hydrogen-bond donors (Lipinski definition) is 2. The molecule has 0 unspecified atom stereocenters. The number of nitrogens with one attached hydrogen (secondary N) is 2. The average molecular weight is 406 g/mol. The monoisotopic (exact) mass is 406 g/mol. The van der Waals surface area contributed by atoms with E-state index in [4.69, 9.17) is 4.74 Å². The molecule has 1 amide bonds. The Morgan fingerprint density at radius 2 is 1.90 bits per heavy atom. The third-order valence-corrected chi connectivity index (χ3v) is 4.95. The molecule has 2 aromatic carbocycles. The second-order valence-electron chi connectivity index (χ2n) is 7.09. The Morgan fingerprint density at radius 1 is 1.20 bits per heavy atom. The highest BCUT2D eigenvalue weighted by molar-refractivity contribution is 5.83. The molecule has 0 bridgehead atoms. The predicted octanol–water partition coefficient (Wildman–Crippen LogP) is 3.52. The Kier molecular flexibility index (Phi) is 6.85. The van der Waals surface area contributed by atoms with Crippen LogP contribution in [0.2, 0.25) is 0 Å². The van der Waals surface area contributed by atoms with E-state index in [1.54, 1.807) is 6.92 Å². The van der Waals surface area contributed by atoms with Crippen molar-refractivity contribution >= 4 is 12.1 Å². The molecular weight excluding hydrogens is 380 g/mol. The number of hydrogen-bond acceptors (Lipinski definition) is 4. The highest BCUT2D eigenvalue weighted by Gasteiger charge is 2.10. The van der Waals surface area contributed by atoms with Gasteiger partial charge in [-0.15, -0.1) is 0 Å². The van der Waals surface area contributed by atoms with Crippen LogP contribution in [0.5, 0.6) is 5.75 Å². The normalized spacial score (nSPS) is 12.1. The number of aromatic nitrogens is 2. The van der Waals surface area contributed by atoms with Crippen LogP contribution in [-0.4, -0.2) is 28.5 Å². The largest absolute Gasteiger partial charge is 0.484 e. The minimum Gasteiger partial charge on any atom is -0.484 e. The molecule has 1 heterocycles. The molecule has 156 valence electrons. The number of para-hydroxylation sites is 1. The van der Waals surface area contributed by atoms with Crippen molar-refractivity contribution in [1.29, 1.82) is 0 Å². The second kappa shape index (κ2) is 9.73. The summed E-state index contributed by atoms with van der Waals surface area (Å²) in [6, 6.07) is 17.0. The maximum Gasteiger partial charge on any atom is 0.280 e. The maximum atomic E-state index is 12.6. The lowest BCUT2D eigenvalue weighted by atomic mass is 9.99. The van der Waals surface area contributed by atoms with E-state index in [0.29, 0.717) is 22.9 Å². The van der Waals surface area contributed by atoms with E-state index in [-0.39, 0.29) is 12.2 Å². The fraction of sp³-hybridized carbons (Fsp3) is 0.261. The smallest absolute Gasteiger partial charge is 0.280 e. The van der Waals surface area contributed by atoms with Gasteiger partial charge >= 0.3 is 0 Å². The predicted molar refractivity (Wildman–Crippen MR) is 118 cm³/mol. The molecule has 0 aliphatic heterocycles. The fourth-order valence-corrected chi connectivity index (χ4v) is 2.95. The molecule has 3 aromatic rings. The number of H-pyrrole nitrogens is 1. The molecule has 0 fully saturated rings. The van der Waals surface area contributed by atoms with Crippen LogP contribution in [0, 0.1) is 6.92 Å². The van der Waals surface area contributed by atoms with Crippen LogP contribution in [0.4, 0.5) is 0 Å². The number of carbonyl (C=O) groups excluding carboxylic acids is 1. The fourth-order valence-electron chi connectivity index (χ4n) is 2.95. The van der Waals surface area contributed by atoms with Gasteiger partial charge in [-0.3, -0.25) is 14.7 Å². The molecule has 3 rings (SSSR count). The first-order valence-corrected chi connectivity index (χ1v) is 9.91. The van der Waals surface area contributed by atoms with E-state index >= 15 is 0 Å². The molecule has 30 heavy (non-hydrogen) atoms. The summed E-state index contributed by atoms with van der Waals surface area (Å²) in [5.74, 6) is 0.697. The number of ether oxygens (including phenoxy) is 1. The van der Waals surface area contributed by atoms with Crippen LogP contribution < -0.4 is 15.7 Å². The maximum absolute atomic E-state index is 12.6. The van der Waals surface area contributed by atoms with Crippen LogP contribution in [0.1, 0.15) is 43.0 Å². The van der Waals surface area contributed by atoms with Gasteiger partial charge in [0.05, 0.1) is 17.5 Å². The summed E-state index contributed by atoms with van der Waals surface area (Å²) in [5.41, 5.74) is 5.14. The summed E-state index contributed by atoms with van der Waals surface area (Å²) in [5, 5.41) is 6.90. The topological polar surface area (TPSA) is 88.5 Å². The van der Waals surface area contributed by atoms with Gasteiger partial charge in [-0.2, -0.15) is 5.10 Å². The number of aromatic amines is 1. The van der Waals surface area contributed by atoms with Crippen molar-refractivity contribution in [3.05, 3.63) is 81.8 Å². The van der Waals surface area contributed by atoms with Crippen LogP contribution in [0.15, 0.2) is 64.5 Å². The zero-order chi connectivity index (χ0) is 21.5. The highest BCUT2D eigenvalue weighted by Crippen LogP contribution is 2.21. The van der Waals surface area contributed by atoms with Crippen molar-refractivity contribution in [3.63, 3.8) is 0 Å². The molecule has 0 aliphatic carbocycles. The zero-order valence-corrected chi connectivity index (χ0v) is 17.4. The van der Waals surface area contributed by atoms with E-state index in [0.717, 1.165) is 12.1 Å². The van der Waals surface area contributed by atoms with Gasteiger partial charge in [-0.05, 0) is 49.1 Å². The van der Waals surface area contributed by atoms with Gasteiger partial charge in [-0.1, -0.05) is 44.2 Å². The zero-order valence-electron chi connectivity index (χ0n) is 17.4. The molecule has 0 spiro atoms. The lowest BCUT2D eigenvalue weighted by Crippen LogP contribution is -2.25. The Balaban J connectivity index is 1.56. The van der Waals surface area contributed by atoms with Crippen molar-refractivity contribution < 1.29 is 9.53 Å². The number of benzene rings is 2. The molecule has 0 radical (unpaired) electrons. The van der Waals surface area contributed by atoms with Crippen molar-refractivity contribution in [2.24, 2.45) is 5.10 Å². The number of nitrogens with zero attached hydrogens (tertiary/aromatic N) is 2. The minimum absolute atomic E-state index is 0.166. The Labute approximate surface area is 175 Å². The van der Waals surface area contributed by atoms with Crippen molar-refractivity contribution in [1.82, 2.24) is 15.2 Å². The van der Waals surface area contributed by atoms with Crippen molar-refractivity contribution in [2.45, 2.75) is 33.1 Å². The van der Waals surface area contributed by atoms with Gasteiger partial charge in [0, 0.05) is 5.69 Å². The second-order valence-corrected chi connectivity index (χ2v) is 7.09. The first kappa shape index (κ1) is 21.1. The highest BCUT2D eigenvalue weighted by atomic mass is 16.5. The third kappa shape index (κ3) is 5.05. The molecule has 0 saturated carbocycles. The summed E-state index contributed by atoms with van der Waals surface area (Å²) in [6.07, 6.45) is 2.41. The molecule has 1 atom stereocenters. The quantitative estimate of drug-likeness (QED) is 0.443. The first-order chi connectivity index (χ1) is 14.5. The van der Waals surface area contributed by atoms with Crippen LogP contribution in [-0.2, 0) is 4.79 Å². The lowest BCUT2D eigenvalue weighted by molar-refractivity contribution is -0.123. The number of hydrazone groups is 1. The standard InChI is InChI=1S/C23H26N4O3/c1-4-16(2)18-10-12-20(13-11-18)30-15-22(28)25-24-14-21-17(3)26-27(23(21)29)19-8-6-5-7-9-19/h5-14,16,26H,4,15H2,1-3H3,(H,25,28)/b24-14-/t16-/m0/s1. The average Bonchev–Trinajstić information content (AvgIpc) is 3.06. The molecular formula is C23H26N4O3. The van der Waals surface area contributed by atoms with Gasteiger partial charge in [-0.25, -0.2) is 10.1 Å². The SMILES string of the molecule is CC[C@H](C)c1ccc(OCC(=O)N/N=C\c2c(C)[nH]n(-c3ccccc3)c2=O)cc1. The number of carbonyl (C=O) groups is 1. The van der Waals surface area contributed by atoms with Gasteiger partial charge in [0.15, 0.2) is 6.61 Å². The van der Waals surface area contributed by atoms with Crippen LogP contribution >= 0.6 is 0 Å². The van der Waals surface area contributed by atoms with Crippen molar-refractivity contribution in [3.8, 4) is 11.4 Å². The van der Waals surface area contributed by atoms with Crippen LogP contribution in [0.25, 0.3) is 5.69 Å². The van der Waals surface area contributed by atoms with Gasteiger partial charge in [0.25, 0.3) is 11.5 Å². The molecule has 7 nitrogen and oxygen atoms in total. The van der Waals surface area contributed by atoms with Crippen LogP contribution in [0.3, 0.4) is 0 Å². The summed E-state index contributed by atoms with van der Waals surface area (Å²) < 4.78 is 6.93. The van der Waals surface area contributed by atoms with E-state index in [2.05, 4.69) is 29.5 Å². The van der Waals surface area contributed by atoms with E-state index < -0.39 is 5.91 Å². The number of rotatable bonds is 8. The minimum atomic E-state index is -0.408. The van der Waals surface area contributed by atoms with Gasteiger partial charge < -0.3 is 4.74 Å². The molecule has 0 aliphatic rings. The Morgan fingerprint density at radius 3 is 2.57 bits per heavy atom. The summed E-state index contributed by atoms with van der Waals surface area (Å²) in [6.45, 7) is 5.92.